The largest absolute Gasteiger partial charge is 0.378 e. The summed E-state index contributed by atoms with van der Waals surface area (Å²) in [6.45, 7) is 0. The summed E-state index contributed by atoms with van der Waals surface area (Å²) in [6, 6.07) is 11.0. The number of hydrogen-bond acceptors (Lipinski definition) is 3. The number of non-ortho nitro benzene ring substituents is 1. The van der Waals surface area contributed by atoms with Gasteiger partial charge in [0.05, 0.1) is 4.92 Å². The van der Waals surface area contributed by atoms with E-state index in [1.54, 1.807) is 12.1 Å². The molecule has 0 aliphatic rings. The number of benzene rings is 2. The van der Waals surface area contributed by atoms with Crippen molar-refractivity contribution in [3.8, 4) is 0 Å². The van der Waals surface area contributed by atoms with E-state index in [9.17, 15) is 18.9 Å². The van der Waals surface area contributed by atoms with Gasteiger partial charge >= 0.3 is 0 Å². The summed E-state index contributed by atoms with van der Waals surface area (Å²) < 4.78 is 28.3. The van der Waals surface area contributed by atoms with Crippen molar-refractivity contribution in [2.45, 2.75) is 0 Å². The molecule has 2 aromatic rings. The first-order chi connectivity index (χ1) is 10.4. The van der Waals surface area contributed by atoms with Crippen LogP contribution in [0.4, 0.5) is 20.2 Å². The van der Waals surface area contributed by atoms with E-state index < -0.39 is 16.6 Å². The van der Waals surface area contributed by atoms with Gasteiger partial charge in [-0.3, -0.25) is 10.1 Å². The van der Waals surface area contributed by atoms with Gasteiger partial charge in [-0.15, -0.1) is 0 Å². The second kappa shape index (κ2) is 6.34. The Morgan fingerprint density at radius 2 is 1.32 bits per heavy atom. The van der Waals surface area contributed by atoms with Crippen LogP contribution in [0.2, 0.25) is 0 Å². The molecule has 0 amide bonds. The van der Waals surface area contributed by atoms with Crippen molar-refractivity contribution in [2.75, 3.05) is 19.0 Å². The minimum absolute atomic E-state index is 0.0419. The normalized spacial score (nSPS) is 11.8. The molecule has 0 aliphatic carbocycles. The van der Waals surface area contributed by atoms with Crippen LogP contribution in [0.3, 0.4) is 0 Å². The Bertz CT molecular complexity index is 708. The molecule has 0 saturated carbocycles. The van der Waals surface area contributed by atoms with Gasteiger partial charge in [-0.25, -0.2) is 8.78 Å². The Morgan fingerprint density at radius 3 is 1.68 bits per heavy atom. The highest BCUT2D eigenvalue weighted by Gasteiger charge is 2.13. The molecule has 0 unspecified atom stereocenters. The first-order valence-electron chi connectivity index (χ1n) is 6.48. The molecule has 0 aliphatic heterocycles. The summed E-state index contributed by atoms with van der Waals surface area (Å²) in [6.07, 6.45) is 0. The van der Waals surface area contributed by atoms with Crippen LogP contribution in [0.25, 0.3) is 11.7 Å². The third-order valence-corrected chi connectivity index (χ3v) is 3.16. The lowest BCUT2D eigenvalue weighted by Gasteiger charge is -2.12. The Kier molecular flexibility index (Phi) is 4.50. The van der Waals surface area contributed by atoms with Gasteiger partial charge < -0.3 is 4.90 Å². The van der Waals surface area contributed by atoms with E-state index in [4.69, 9.17) is 0 Å². The molecule has 0 spiro atoms. The summed E-state index contributed by atoms with van der Waals surface area (Å²) in [5, 5.41) is 10.5. The fourth-order valence-corrected chi connectivity index (χ4v) is 1.89. The molecule has 0 saturated heterocycles. The molecule has 0 heterocycles. The maximum Gasteiger partial charge on any atom is 0.269 e. The first-order valence-corrected chi connectivity index (χ1v) is 6.48. The highest BCUT2D eigenvalue weighted by atomic mass is 19.2. The van der Waals surface area contributed by atoms with Gasteiger partial charge in [0.2, 0.25) is 0 Å². The first kappa shape index (κ1) is 15.6. The third-order valence-electron chi connectivity index (χ3n) is 3.16. The van der Waals surface area contributed by atoms with Crippen LogP contribution in [0.15, 0.2) is 48.5 Å². The number of halogens is 2. The zero-order valence-corrected chi connectivity index (χ0v) is 12.1. The number of rotatable bonds is 4. The van der Waals surface area contributed by atoms with Crippen molar-refractivity contribution >= 4 is 23.0 Å². The molecule has 4 nitrogen and oxygen atoms in total. The Labute approximate surface area is 126 Å². The van der Waals surface area contributed by atoms with Crippen LogP contribution in [0.1, 0.15) is 11.1 Å². The molecule has 114 valence electrons. The molecule has 0 aromatic heterocycles. The average Bonchev–Trinajstić information content (AvgIpc) is 2.53. The smallest absolute Gasteiger partial charge is 0.269 e. The number of hydrogen-bond donors (Lipinski definition) is 0. The summed E-state index contributed by atoms with van der Waals surface area (Å²) in [7, 11) is 3.69. The summed E-state index contributed by atoms with van der Waals surface area (Å²) in [4.78, 5) is 11.8. The van der Waals surface area contributed by atoms with Crippen LogP contribution in [0, 0.1) is 10.1 Å². The number of nitrogens with zero attached hydrogens (tertiary/aromatic N) is 2. The highest BCUT2D eigenvalue weighted by Crippen LogP contribution is 2.30. The zero-order chi connectivity index (χ0) is 16.3. The van der Waals surface area contributed by atoms with Crippen molar-refractivity contribution < 1.29 is 13.7 Å². The fourth-order valence-electron chi connectivity index (χ4n) is 1.89. The molecule has 0 radical (unpaired) electrons. The SMILES string of the molecule is CN(C)c1ccc(/C(F)=C(\F)c2ccc([N+](=O)[O-])cc2)cc1. The summed E-state index contributed by atoms with van der Waals surface area (Å²) in [5.74, 6) is -2.05. The van der Waals surface area contributed by atoms with Gasteiger partial charge in [0.15, 0.2) is 11.7 Å². The van der Waals surface area contributed by atoms with Crippen molar-refractivity contribution in [1.82, 2.24) is 0 Å². The lowest BCUT2D eigenvalue weighted by molar-refractivity contribution is -0.384. The van der Waals surface area contributed by atoms with E-state index in [0.29, 0.717) is 0 Å². The van der Waals surface area contributed by atoms with Crippen LogP contribution >= 0.6 is 0 Å². The molecule has 6 heteroatoms. The van der Waals surface area contributed by atoms with Gasteiger partial charge in [-0.1, -0.05) is 0 Å². The predicted octanol–water partition coefficient (Wildman–Crippen LogP) is 4.43. The van der Waals surface area contributed by atoms with Crippen LogP contribution in [-0.4, -0.2) is 19.0 Å². The lowest BCUT2D eigenvalue weighted by atomic mass is 10.1. The van der Waals surface area contributed by atoms with E-state index >= 15 is 0 Å². The van der Waals surface area contributed by atoms with E-state index in [2.05, 4.69) is 0 Å². The second-order valence-electron chi connectivity index (χ2n) is 4.87. The Morgan fingerprint density at radius 1 is 0.909 bits per heavy atom. The van der Waals surface area contributed by atoms with Gasteiger partial charge in [0.1, 0.15) is 0 Å². The molecular weight excluding hydrogens is 290 g/mol. The maximum absolute atomic E-state index is 14.2. The highest BCUT2D eigenvalue weighted by molar-refractivity contribution is 5.83. The molecule has 0 atom stereocenters. The van der Waals surface area contributed by atoms with Gasteiger partial charge in [-0.05, 0) is 36.4 Å². The standard InChI is InChI=1S/C16H14F2N2O2/c1-19(2)13-7-3-11(4-8-13)15(17)16(18)12-5-9-14(10-6-12)20(21)22/h3-10H,1-2H3/b16-15+. The molecule has 2 rings (SSSR count). The number of anilines is 1. The molecule has 0 N–H and O–H groups in total. The molecule has 2 aromatic carbocycles. The minimum Gasteiger partial charge on any atom is -0.378 e. The van der Waals surface area contributed by atoms with Gasteiger partial charge in [0, 0.05) is 43.0 Å². The fraction of sp³-hybridized carbons (Fsp3) is 0.125. The van der Waals surface area contributed by atoms with Crippen molar-refractivity contribution in [3.05, 3.63) is 69.8 Å². The van der Waals surface area contributed by atoms with Gasteiger partial charge in [-0.2, -0.15) is 0 Å². The topological polar surface area (TPSA) is 46.4 Å². The van der Waals surface area contributed by atoms with E-state index in [-0.39, 0.29) is 16.8 Å². The van der Waals surface area contributed by atoms with Crippen LogP contribution in [0.5, 0.6) is 0 Å². The van der Waals surface area contributed by atoms with Crippen molar-refractivity contribution in [3.63, 3.8) is 0 Å². The van der Waals surface area contributed by atoms with Crippen LogP contribution < -0.4 is 4.90 Å². The van der Waals surface area contributed by atoms with Crippen LogP contribution in [-0.2, 0) is 0 Å². The van der Waals surface area contributed by atoms with E-state index in [1.165, 1.54) is 24.3 Å². The van der Waals surface area contributed by atoms with E-state index in [1.807, 2.05) is 19.0 Å². The van der Waals surface area contributed by atoms with Gasteiger partial charge in [0.25, 0.3) is 5.69 Å². The number of nitro benzene ring substituents is 1. The Hall–Kier alpha value is -2.76. The summed E-state index contributed by atoms with van der Waals surface area (Å²) in [5.41, 5.74) is 0.765. The lowest BCUT2D eigenvalue weighted by Crippen LogP contribution is -2.08. The molecule has 0 fully saturated rings. The minimum atomic E-state index is -1.05. The third kappa shape index (κ3) is 3.28. The predicted molar refractivity (Wildman–Crippen MR) is 82.9 cm³/mol. The zero-order valence-electron chi connectivity index (χ0n) is 12.1. The van der Waals surface area contributed by atoms with Crippen molar-refractivity contribution in [1.29, 1.82) is 0 Å². The Balaban J connectivity index is 2.33. The monoisotopic (exact) mass is 304 g/mol. The second-order valence-corrected chi connectivity index (χ2v) is 4.87. The van der Waals surface area contributed by atoms with E-state index in [0.717, 1.165) is 17.8 Å². The summed E-state index contributed by atoms with van der Waals surface area (Å²) >= 11 is 0. The molecule has 0 bridgehead atoms. The molecular formula is C16H14F2N2O2. The maximum atomic E-state index is 14.2. The number of nitro groups is 1. The average molecular weight is 304 g/mol. The molecule has 22 heavy (non-hydrogen) atoms. The van der Waals surface area contributed by atoms with Crippen molar-refractivity contribution in [2.24, 2.45) is 0 Å². The quantitative estimate of drug-likeness (QED) is 0.477.